The number of rotatable bonds is 3. The standard InChI is InChI=1S/C14H18N4O3S/c1-22(20,21)14-16-12(11-6-2-3-7-18(11)14)13(19)17-8-4-5-10(17)9-15/h2-3,6-7,10H,4-5,8-9,15H2,1H3. The molecule has 0 aromatic carbocycles. The predicted molar refractivity (Wildman–Crippen MR) is 81.4 cm³/mol. The Morgan fingerprint density at radius 2 is 2.23 bits per heavy atom. The molecule has 1 amide bonds. The molecule has 1 saturated heterocycles. The molecule has 7 nitrogen and oxygen atoms in total. The number of sulfone groups is 1. The van der Waals surface area contributed by atoms with Crippen molar-refractivity contribution in [1.82, 2.24) is 14.3 Å². The number of hydrogen-bond acceptors (Lipinski definition) is 5. The van der Waals surface area contributed by atoms with E-state index in [0.29, 0.717) is 18.6 Å². The van der Waals surface area contributed by atoms with Gasteiger partial charge in [-0.25, -0.2) is 13.4 Å². The van der Waals surface area contributed by atoms with Gasteiger partial charge in [0.1, 0.15) is 0 Å². The number of pyridine rings is 1. The second kappa shape index (κ2) is 5.36. The molecule has 0 aliphatic carbocycles. The summed E-state index contributed by atoms with van der Waals surface area (Å²) in [5.74, 6) is -0.258. The summed E-state index contributed by atoms with van der Waals surface area (Å²) >= 11 is 0. The van der Waals surface area contributed by atoms with Crippen molar-refractivity contribution in [2.45, 2.75) is 24.0 Å². The van der Waals surface area contributed by atoms with E-state index in [9.17, 15) is 13.2 Å². The predicted octanol–water partition coefficient (Wildman–Crippen LogP) is 0.301. The Kier molecular flexibility index (Phi) is 3.65. The van der Waals surface area contributed by atoms with Gasteiger partial charge < -0.3 is 10.6 Å². The van der Waals surface area contributed by atoms with E-state index in [0.717, 1.165) is 19.1 Å². The smallest absolute Gasteiger partial charge is 0.275 e. The van der Waals surface area contributed by atoms with Crippen LogP contribution in [0.25, 0.3) is 5.52 Å². The van der Waals surface area contributed by atoms with E-state index in [-0.39, 0.29) is 22.8 Å². The largest absolute Gasteiger partial charge is 0.333 e. The van der Waals surface area contributed by atoms with Crippen molar-refractivity contribution in [3.05, 3.63) is 30.1 Å². The van der Waals surface area contributed by atoms with Gasteiger partial charge in [0.2, 0.25) is 15.0 Å². The van der Waals surface area contributed by atoms with Gasteiger partial charge in [-0.2, -0.15) is 0 Å². The molecular weight excluding hydrogens is 304 g/mol. The SMILES string of the molecule is CS(=O)(=O)c1nc(C(=O)N2CCCC2CN)c2ccccn12. The Labute approximate surface area is 128 Å². The maximum Gasteiger partial charge on any atom is 0.275 e. The number of amides is 1. The van der Waals surface area contributed by atoms with Crippen molar-refractivity contribution in [1.29, 1.82) is 0 Å². The van der Waals surface area contributed by atoms with E-state index in [1.165, 1.54) is 4.40 Å². The molecule has 22 heavy (non-hydrogen) atoms. The molecule has 2 N–H and O–H groups in total. The minimum atomic E-state index is -3.53. The van der Waals surface area contributed by atoms with Crippen LogP contribution in [0.2, 0.25) is 0 Å². The average Bonchev–Trinajstić information content (AvgIpc) is 3.10. The zero-order valence-electron chi connectivity index (χ0n) is 12.3. The fourth-order valence-corrected chi connectivity index (χ4v) is 3.69. The number of likely N-dealkylation sites (tertiary alicyclic amines) is 1. The maximum atomic E-state index is 12.8. The van der Waals surface area contributed by atoms with Crippen LogP contribution in [0.15, 0.2) is 29.6 Å². The van der Waals surface area contributed by atoms with Gasteiger partial charge in [-0.3, -0.25) is 9.20 Å². The number of fused-ring (bicyclic) bond motifs is 1. The third kappa shape index (κ3) is 2.38. The van der Waals surface area contributed by atoms with Gasteiger partial charge in [0.25, 0.3) is 5.91 Å². The van der Waals surface area contributed by atoms with Crippen LogP contribution in [-0.4, -0.2) is 54.0 Å². The maximum absolute atomic E-state index is 12.8. The number of imidazole rings is 1. The lowest BCUT2D eigenvalue weighted by atomic mass is 10.2. The van der Waals surface area contributed by atoms with Crippen LogP contribution in [-0.2, 0) is 9.84 Å². The van der Waals surface area contributed by atoms with E-state index in [1.807, 2.05) is 0 Å². The molecule has 0 spiro atoms. The molecule has 1 atom stereocenters. The minimum Gasteiger partial charge on any atom is -0.333 e. The fraction of sp³-hybridized carbons (Fsp3) is 0.429. The van der Waals surface area contributed by atoms with Gasteiger partial charge in [0.15, 0.2) is 5.69 Å². The highest BCUT2D eigenvalue weighted by Gasteiger charge is 2.32. The van der Waals surface area contributed by atoms with Gasteiger partial charge in [0, 0.05) is 31.6 Å². The zero-order valence-corrected chi connectivity index (χ0v) is 13.1. The van der Waals surface area contributed by atoms with Gasteiger partial charge >= 0.3 is 0 Å². The van der Waals surface area contributed by atoms with Crippen LogP contribution in [0.3, 0.4) is 0 Å². The van der Waals surface area contributed by atoms with Gasteiger partial charge in [-0.1, -0.05) is 6.07 Å². The van der Waals surface area contributed by atoms with E-state index in [1.54, 1.807) is 29.3 Å². The summed E-state index contributed by atoms with van der Waals surface area (Å²) in [6.07, 6.45) is 4.45. The fourth-order valence-electron chi connectivity index (χ4n) is 2.91. The monoisotopic (exact) mass is 322 g/mol. The Morgan fingerprint density at radius 3 is 2.91 bits per heavy atom. The molecule has 1 fully saturated rings. The summed E-state index contributed by atoms with van der Waals surface area (Å²) in [5.41, 5.74) is 6.38. The molecule has 3 rings (SSSR count). The molecule has 2 aromatic rings. The number of nitrogens with two attached hydrogens (primary N) is 1. The molecule has 118 valence electrons. The van der Waals surface area contributed by atoms with E-state index in [4.69, 9.17) is 5.73 Å². The summed E-state index contributed by atoms with van der Waals surface area (Å²) in [6.45, 7) is 1.03. The van der Waals surface area contributed by atoms with Crippen LogP contribution in [0, 0.1) is 0 Å². The Hall–Kier alpha value is -1.93. The number of nitrogens with zero attached hydrogens (tertiary/aromatic N) is 3. The molecular formula is C14H18N4O3S. The molecule has 1 unspecified atom stereocenters. The van der Waals surface area contributed by atoms with Crippen LogP contribution < -0.4 is 5.73 Å². The van der Waals surface area contributed by atoms with Gasteiger partial charge in [-0.05, 0) is 25.0 Å². The van der Waals surface area contributed by atoms with Gasteiger partial charge in [-0.15, -0.1) is 0 Å². The summed E-state index contributed by atoms with van der Waals surface area (Å²) in [5, 5.41) is -0.116. The summed E-state index contributed by atoms with van der Waals surface area (Å²) < 4.78 is 25.2. The zero-order chi connectivity index (χ0) is 15.9. The number of carbonyl (C=O) groups is 1. The van der Waals surface area contributed by atoms with Crippen molar-refractivity contribution in [3.63, 3.8) is 0 Å². The molecule has 0 bridgehead atoms. The topological polar surface area (TPSA) is 97.8 Å². The lowest BCUT2D eigenvalue weighted by molar-refractivity contribution is 0.0737. The van der Waals surface area contributed by atoms with Crippen molar-refractivity contribution in [3.8, 4) is 0 Å². The van der Waals surface area contributed by atoms with Gasteiger partial charge in [0.05, 0.1) is 5.52 Å². The van der Waals surface area contributed by atoms with E-state index < -0.39 is 9.84 Å². The summed E-state index contributed by atoms with van der Waals surface area (Å²) in [7, 11) is -3.53. The van der Waals surface area contributed by atoms with E-state index in [2.05, 4.69) is 4.98 Å². The average molecular weight is 322 g/mol. The third-order valence-corrected chi connectivity index (χ3v) is 4.91. The molecule has 1 aliphatic rings. The molecule has 3 heterocycles. The molecule has 0 saturated carbocycles. The summed E-state index contributed by atoms with van der Waals surface area (Å²) in [6, 6.07) is 5.15. The molecule has 2 aromatic heterocycles. The normalized spacial score (nSPS) is 19.0. The number of hydrogen-bond donors (Lipinski definition) is 1. The Balaban J connectivity index is 2.13. The Morgan fingerprint density at radius 1 is 1.45 bits per heavy atom. The highest BCUT2D eigenvalue weighted by Crippen LogP contribution is 2.23. The third-order valence-electron chi connectivity index (χ3n) is 3.96. The van der Waals surface area contributed by atoms with Crippen molar-refractivity contribution < 1.29 is 13.2 Å². The first-order valence-electron chi connectivity index (χ1n) is 7.11. The first-order chi connectivity index (χ1) is 10.4. The first kappa shape index (κ1) is 15.0. The van der Waals surface area contributed by atoms with Crippen molar-refractivity contribution in [2.24, 2.45) is 5.73 Å². The second-order valence-electron chi connectivity index (χ2n) is 5.50. The summed E-state index contributed by atoms with van der Waals surface area (Å²) in [4.78, 5) is 18.6. The first-order valence-corrected chi connectivity index (χ1v) is 9.01. The lowest BCUT2D eigenvalue weighted by Gasteiger charge is -2.22. The quantitative estimate of drug-likeness (QED) is 0.876. The minimum absolute atomic E-state index is 0.00496. The molecule has 1 aliphatic heterocycles. The van der Waals surface area contributed by atoms with Crippen molar-refractivity contribution in [2.75, 3.05) is 19.3 Å². The Bertz CT molecular complexity index is 828. The highest BCUT2D eigenvalue weighted by molar-refractivity contribution is 7.90. The molecule has 8 heteroatoms. The number of carbonyl (C=O) groups excluding carboxylic acids is 1. The van der Waals surface area contributed by atoms with E-state index >= 15 is 0 Å². The second-order valence-corrected chi connectivity index (χ2v) is 7.41. The van der Waals surface area contributed by atoms with Crippen LogP contribution in [0.5, 0.6) is 0 Å². The van der Waals surface area contributed by atoms with Crippen LogP contribution in [0.1, 0.15) is 23.3 Å². The highest BCUT2D eigenvalue weighted by atomic mass is 32.2. The lowest BCUT2D eigenvalue weighted by Crippen LogP contribution is -2.40. The van der Waals surface area contributed by atoms with Crippen LogP contribution >= 0.6 is 0 Å². The number of aromatic nitrogens is 2. The van der Waals surface area contributed by atoms with Crippen LogP contribution in [0.4, 0.5) is 0 Å². The molecule has 0 radical (unpaired) electrons. The van der Waals surface area contributed by atoms with Crippen molar-refractivity contribution >= 4 is 21.3 Å².